The fraction of sp³-hybridized carbons (Fsp3) is 0.238. The first-order valence-corrected chi connectivity index (χ1v) is 8.92. The summed E-state index contributed by atoms with van der Waals surface area (Å²) in [4.78, 5) is 0. The molecule has 0 aliphatic heterocycles. The number of hydrogen-bond acceptors (Lipinski definition) is 3. The van der Waals surface area contributed by atoms with Gasteiger partial charge in [-0.05, 0) is 37.0 Å². The number of nitrogens with two attached hydrogens (primary N) is 1. The molecule has 0 bridgehead atoms. The van der Waals surface area contributed by atoms with Crippen LogP contribution in [0.2, 0.25) is 5.02 Å². The minimum Gasteiger partial charge on any atom is -0.491 e. The SMILES string of the molecule is CO.COc1c(F)cc(F)c(/C(=C\C=C2CCC2)c2ccc(Cl)cc2N)c1F. The summed E-state index contributed by atoms with van der Waals surface area (Å²) in [6, 6.07) is 5.26. The predicted octanol–water partition coefficient (Wildman–Crippen LogP) is 5.50. The normalized spacial score (nSPS) is 13.4. The smallest absolute Gasteiger partial charge is 0.191 e. The summed E-state index contributed by atoms with van der Waals surface area (Å²) < 4.78 is 47.9. The lowest BCUT2D eigenvalue weighted by Crippen LogP contribution is -2.04. The third-order valence-electron chi connectivity index (χ3n) is 4.39. The molecule has 0 radical (unpaired) electrons. The van der Waals surface area contributed by atoms with Crippen LogP contribution in [-0.4, -0.2) is 19.3 Å². The van der Waals surface area contributed by atoms with Gasteiger partial charge in [0.05, 0.1) is 12.7 Å². The molecule has 0 aromatic heterocycles. The number of methoxy groups -OCH3 is 1. The predicted molar refractivity (Wildman–Crippen MR) is 106 cm³/mol. The quantitative estimate of drug-likeness (QED) is 0.653. The molecule has 2 aromatic carbocycles. The molecule has 28 heavy (non-hydrogen) atoms. The Bertz CT molecular complexity index is 920. The number of ether oxygens (including phenoxy) is 1. The second-order valence-electron chi connectivity index (χ2n) is 6.05. The monoisotopic (exact) mass is 411 g/mol. The van der Waals surface area contributed by atoms with Crippen molar-refractivity contribution in [1.82, 2.24) is 0 Å². The second-order valence-corrected chi connectivity index (χ2v) is 6.49. The van der Waals surface area contributed by atoms with Crippen LogP contribution in [0.5, 0.6) is 5.75 Å². The van der Waals surface area contributed by atoms with Crippen LogP contribution in [0.4, 0.5) is 18.9 Å². The molecule has 1 saturated carbocycles. The molecule has 0 atom stereocenters. The first-order valence-electron chi connectivity index (χ1n) is 8.54. The van der Waals surface area contributed by atoms with Gasteiger partial charge in [0.15, 0.2) is 17.4 Å². The standard InChI is InChI=1S/C20H17ClF3NO.CH4O/c1-26-20-16(23)10-15(22)18(19(20)24)14(7-5-11-3-2-4-11)13-8-6-12(21)9-17(13)25;1-2/h5-10H,2-4,25H2,1H3;2H,1H3/b14-7-;. The number of allylic oxidation sites excluding steroid dienone is 3. The highest BCUT2D eigenvalue weighted by Gasteiger charge is 2.24. The van der Waals surface area contributed by atoms with E-state index in [0.717, 1.165) is 33.5 Å². The minimum atomic E-state index is -1.11. The molecular formula is C21H21ClF3NO2. The molecule has 0 saturated heterocycles. The van der Waals surface area contributed by atoms with Crippen molar-refractivity contribution in [3.05, 3.63) is 75.6 Å². The molecule has 3 rings (SSSR count). The molecule has 1 aliphatic rings. The van der Waals surface area contributed by atoms with Crippen molar-refractivity contribution in [2.45, 2.75) is 19.3 Å². The van der Waals surface area contributed by atoms with Crippen molar-refractivity contribution < 1.29 is 23.0 Å². The Hall–Kier alpha value is -2.44. The molecule has 150 valence electrons. The van der Waals surface area contributed by atoms with Crippen LogP contribution in [0.25, 0.3) is 5.57 Å². The summed E-state index contributed by atoms with van der Waals surface area (Å²) in [5, 5.41) is 7.40. The van der Waals surface area contributed by atoms with Crippen molar-refractivity contribution in [3.8, 4) is 5.75 Å². The van der Waals surface area contributed by atoms with Gasteiger partial charge in [0.25, 0.3) is 0 Å². The van der Waals surface area contributed by atoms with Crippen LogP contribution in [0, 0.1) is 17.5 Å². The van der Waals surface area contributed by atoms with E-state index in [1.807, 2.05) is 6.08 Å². The van der Waals surface area contributed by atoms with Crippen LogP contribution in [0.15, 0.2) is 42.0 Å². The summed E-state index contributed by atoms with van der Waals surface area (Å²) >= 11 is 5.93. The number of nitrogen functional groups attached to an aromatic ring is 1. The fourth-order valence-corrected chi connectivity index (χ4v) is 3.02. The largest absolute Gasteiger partial charge is 0.491 e. The number of aliphatic hydroxyl groups excluding tert-OH is 1. The number of benzene rings is 2. The molecule has 2 aromatic rings. The highest BCUT2D eigenvalue weighted by molar-refractivity contribution is 6.31. The van der Waals surface area contributed by atoms with Crippen molar-refractivity contribution in [3.63, 3.8) is 0 Å². The van der Waals surface area contributed by atoms with E-state index >= 15 is 0 Å². The van der Waals surface area contributed by atoms with E-state index in [9.17, 15) is 13.2 Å². The number of halogens is 4. The van der Waals surface area contributed by atoms with Crippen molar-refractivity contribution >= 4 is 22.9 Å². The van der Waals surface area contributed by atoms with Crippen LogP contribution >= 0.6 is 11.6 Å². The average molecular weight is 412 g/mol. The maximum Gasteiger partial charge on any atom is 0.191 e. The summed E-state index contributed by atoms with van der Waals surface area (Å²) in [6.45, 7) is 0. The van der Waals surface area contributed by atoms with Gasteiger partial charge >= 0.3 is 0 Å². The molecule has 1 aliphatic carbocycles. The summed E-state index contributed by atoms with van der Waals surface area (Å²) in [7, 11) is 2.12. The Kier molecular flexibility index (Phi) is 7.54. The van der Waals surface area contributed by atoms with Crippen molar-refractivity contribution in [1.29, 1.82) is 0 Å². The van der Waals surface area contributed by atoms with Crippen molar-refractivity contribution in [2.24, 2.45) is 0 Å². The Morgan fingerprint density at radius 1 is 1.14 bits per heavy atom. The molecule has 0 unspecified atom stereocenters. The molecule has 7 heteroatoms. The summed E-state index contributed by atoms with van der Waals surface area (Å²) in [6.07, 6.45) is 6.40. The first-order chi connectivity index (χ1) is 13.4. The molecule has 3 N–H and O–H groups in total. The topological polar surface area (TPSA) is 55.5 Å². The maximum atomic E-state index is 14.8. The molecule has 0 spiro atoms. The highest BCUT2D eigenvalue weighted by Crippen LogP contribution is 2.37. The summed E-state index contributed by atoms with van der Waals surface area (Å²) in [5.41, 5.74) is 7.66. The lowest BCUT2D eigenvalue weighted by Gasteiger charge is -2.17. The van der Waals surface area contributed by atoms with Gasteiger partial charge < -0.3 is 15.6 Å². The lowest BCUT2D eigenvalue weighted by molar-refractivity contribution is 0.355. The number of anilines is 1. The second kappa shape index (κ2) is 9.66. The van der Waals surface area contributed by atoms with Gasteiger partial charge in [-0.2, -0.15) is 0 Å². The maximum absolute atomic E-state index is 14.8. The first kappa shape index (κ1) is 21.9. The Labute approximate surface area is 166 Å². The fourth-order valence-electron chi connectivity index (χ4n) is 2.84. The van der Waals surface area contributed by atoms with Gasteiger partial charge in [0.2, 0.25) is 0 Å². The van der Waals surface area contributed by atoms with Gasteiger partial charge in [-0.3, -0.25) is 0 Å². The zero-order chi connectivity index (χ0) is 20.8. The van der Waals surface area contributed by atoms with Crippen LogP contribution in [-0.2, 0) is 0 Å². The van der Waals surface area contributed by atoms with E-state index in [0.29, 0.717) is 16.7 Å². The van der Waals surface area contributed by atoms with Gasteiger partial charge in [0.1, 0.15) is 5.82 Å². The van der Waals surface area contributed by atoms with Crippen molar-refractivity contribution in [2.75, 3.05) is 20.0 Å². The Balaban J connectivity index is 0.00000136. The zero-order valence-corrected chi connectivity index (χ0v) is 16.3. The number of aliphatic hydroxyl groups is 1. The molecule has 0 amide bonds. The van der Waals surface area contributed by atoms with Crippen LogP contribution in [0.3, 0.4) is 0 Å². The Morgan fingerprint density at radius 2 is 1.82 bits per heavy atom. The average Bonchev–Trinajstić information content (AvgIpc) is 2.61. The van der Waals surface area contributed by atoms with E-state index in [1.54, 1.807) is 18.2 Å². The minimum absolute atomic E-state index is 0.201. The van der Waals surface area contributed by atoms with E-state index < -0.39 is 28.8 Å². The molecule has 3 nitrogen and oxygen atoms in total. The van der Waals surface area contributed by atoms with Gasteiger partial charge in [-0.1, -0.05) is 35.4 Å². The van der Waals surface area contributed by atoms with E-state index in [4.69, 9.17) is 27.2 Å². The molecule has 0 heterocycles. The third kappa shape index (κ3) is 4.51. The van der Waals surface area contributed by atoms with Gasteiger partial charge in [0, 0.05) is 29.4 Å². The molecular weight excluding hydrogens is 391 g/mol. The van der Waals surface area contributed by atoms with Gasteiger partial charge in [-0.25, -0.2) is 13.2 Å². The summed E-state index contributed by atoms with van der Waals surface area (Å²) in [5.74, 6) is -3.89. The number of hydrogen-bond donors (Lipinski definition) is 2. The van der Waals surface area contributed by atoms with E-state index in [2.05, 4.69) is 0 Å². The van der Waals surface area contributed by atoms with E-state index in [-0.39, 0.29) is 11.3 Å². The lowest BCUT2D eigenvalue weighted by atomic mass is 9.90. The highest BCUT2D eigenvalue weighted by atomic mass is 35.5. The van der Waals surface area contributed by atoms with Gasteiger partial charge in [-0.15, -0.1) is 0 Å². The molecule has 1 fully saturated rings. The Morgan fingerprint density at radius 3 is 2.36 bits per heavy atom. The number of rotatable bonds is 4. The van der Waals surface area contributed by atoms with Crippen LogP contribution < -0.4 is 10.5 Å². The zero-order valence-electron chi connectivity index (χ0n) is 15.5. The van der Waals surface area contributed by atoms with Crippen LogP contribution in [0.1, 0.15) is 30.4 Å². The third-order valence-corrected chi connectivity index (χ3v) is 4.62. The van der Waals surface area contributed by atoms with E-state index in [1.165, 1.54) is 11.6 Å².